The Morgan fingerprint density at radius 3 is 2.95 bits per heavy atom. The summed E-state index contributed by atoms with van der Waals surface area (Å²) in [6, 6.07) is 0.331. The van der Waals surface area contributed by atoms with Crippen LogP contribution >= 0.6 is 11.3 Å². The van der Waals surface area contributed by atoms with Crippen molar-refractivity contribution in [3.8, 4) is 0 Å². The third-order valence-electron chi connectivity index (χ3n) is 4.13. The topological polar surface area (TPSA) is 62.5 Å². The summed E-state index contributed by atoms with van der Waals surface area (Å²) in [5.41, 5.74) is 0.995. The lowest BCUT2D eigenvalue weighted by atomic mass is 9.83. The molecular weight excluding hydrogens is 272 g/mol. The van der Waals surface area contributed by atoms with Gasteiger partial charge in [0.05, 0.1) is 11.9 Å². The second-order valence-electron chi connectivity index (χ2n) is 5.68. The number of fused-ring (bicyclic) bond motifs is 1. The quantitative estimate of drug-likeness (QED) is 0.890. The largest absolute Gasteiger partial charge is 0.396 e. The Bertz CT molecular complexity index is 527. The van der Waals surface area contributed by atoms with Crippen molar-refractivity contribution in [2.45, 2.75) is 51.5 Å². The van der Waals surface area contributed by atoms with Gasteiger partial charge in [-0.2, -0.15) is 0 Å². The van der Waals surface area contributed by atoms with Gasteiger partial charge in [0.15, 0.2) is 0 Å². The highest BCUT2D eigenvalue weighted by Gasteiger charge is 2.24. The van der Waals surface area contributed by atoms with E-state index in [1.165, 1.54) is 32.1 Å². The van der Waals surface area contributed by atoms with Crippen molar-refractivity contribution in [3.05, 3.63) is 11.9 Å². The maximum Gasteiger partial charge on any atom is 0.214 e. The Labute approximate surface area is 123 Å². The lowest BCUT2D eigenvalue weighted by Gasteiger charge is -2.30. The normalized spacial score (nSPS) is 18.5. The van der Waals surface area contributed by atoms with E-state index in [4.69, 9.17) is 0 Å². The molecule has 0 spiro atoms. The molecule has 20 heavy (non-hydrogen) atoms. The zero-order chi connectivity index (χ0) is 13.9. The molecule has 0 amide bonds. The standard InChI is InChI=1S/C14H22N4OS/c1-10-9-18-14(15-10)20-13(17-18)16-12(7-8-19)11-5-3-2-4-6-11/h9,11-12,19H,2-8H2,1H3,(H,16,17)/t12-/m1/s1. The molecule has 0 bridgehead atoms. The fraction of sp³-hybridized carbons (Fsp3) is 0.714. The summed E-state index contributed by atoms with van der Waals surface area (Å²) < 4.78 is 1.83. The van der Waals surface area contributed by atoms with Crippen molar-refractivity contribution >= 4 is 21.4 Å². The van der Waals surface area contributed by atoms with Crippen LogP contribution in [0.3, 0.4) is 0 Å². The van der Waals surface area contributed by atoms with E-state index in [0.717, 1.165) is 22.2 Å². The lowest BCUT2D eigenvalue weighted by molar-refractivity contribution is 0.239. The fourth-order valence-electron chi connectivity index (χ4n) is 3.13. The van der Waals surface area contributed by atoms with Crippen molar-refractivity contribution in [2.24, 2.45) is 5.92 Å². The Morgan fingerprint density at radius 2 is 2.25 bits per heavy atom. The molecule has 1 atom stereocenters. The van der Waals surface area contributed by atoms with Gasteiger partial charge in [0, 0.05) is 12.6 Å². The van der Waals surface area contributed by atoms with E-state index in [9.17, 15) is 5.11 Å². The van der Waals surface area contributed by atoms with Crippen LogP contribution in [0.15, 0.2) is 6.20 Å². The minimum Gasteiger partial charge on any atom is -0.396 e. The van der Waals surface area contributed by atoms with E-state index in [-0.39, 0.29) is 6.61 Å². The van der Waals surface area contributed by atoms with Gasteiger partial charge < -0.3 is 10.4 Å². The smallest absolute Gasteiger partial charge is 0.214 e. The average Bonchev–Trinajstić information content (AvgIpc) is 2.96. The number of nitrogens with one attached hydrogen (secondary N) is 1. The van der Waals surface area contributed by atoms with Crippen LogP contribution in [-0.2, 0) is 0 Å². The summed E-state index contributed by atoms with van der Waals surface area (Å²) in [7, 11) is 0. The molecule has 2 aromatic heterocycles. The Hall–Kier alpha value is -1.14. The van der Waals surface area contributed by atoms with Crippen LogP contribution < -0.4 is 5.32 Å². The van der Waals surface area contributed by atoms with E-state index in [2.05, 4.69) is 15.4 Å². The molecule has 2 heterocycles. The molecule has 110 valence electrons. The predicted molar refractivity (Wildman–Crippen MR) is 81.3 cm³/mol. The van der Waals surface area contributed by atoms with Gasteiger partial charge in [-0.05, 0) is 32.1 Å². The minimum absolute atomic E-state index is 0.232. The van der Waals surface area contributed by atoms with Gasteiger partial charge in [-0.25, -0.2) is 9.50 Å². The Kier molecular flexibility index (Phi) is 4.21. The van der Waals surface area contributed by atoms with E-state index in [1.54, 1.807) is 11.3 Å². The number of hydrogen-bond acceptors (Lipinski definition) is 5. The predicted octanol–water partition coefficient (Wildman–Crippen LogP) is 2.84. The number of hydrogen-bond donors (Lipinski definition) is 2. The van der Waals surface area contributed by atoms with Crippen LogP contribution in [0.25, 0.3) is 4.96 Å². The van der Waals surface area contributed by atoms with Crippen molar-refractivity contribution in [2.75, 3.05) is 11.9 Å². The van der Waals surface area contributed by atoms with Gasteiger partial charge in [-0.15, -0.1) is 5.10 Å². The van der Waals surface area contributed by atoms with Crippen LogP contribution in [0.4, 0.5) is 5.13 Å². The molecule has 0 radical (unpaired) electrons. The number of aryl methyl sites for hydroxylation is 1. The highest BCUT2D eigenvalue weighted by atomic mass is 32.1. The maximum atomic E-state index is 9.31. The van der Waals surface area contributed by atoms with E-state index in [1.807, 2.05) is 17.6 Å². The summed E-state index contributed by atoms with van der Waals surface area (Å²) in [5, 5.41) is 18.3. The van der Waals surface area contributed by atoms with Crippen LogP contribution in [0.5, 0.6) is 0 Å². The number of anilines is 1. The number of imidazole rings is 1. The number of aromatic nitrogens is 3. The Morgan fingerprint density at radius 1 is 1.45 bits per heavy atom. The van der Waals surface area contributed by atoms with Crippen LogP contribution in [0, 0.1) is 12.8 Å². The van der Waals surface area contributed by atoms with E-state index >= 15 is 0 Å². The van der Waals surface area contributed by atoms with Gasteiger partial charge in [-0.1, -0.05) is 30.6 Å². The van der Waals surface area contributed by atoms with Crippen molar-refractivity contribution in [1.29, 1.82) is 0 Å². The first-order valence-electron chi connectivity index (χ1n) is 7.46. The number of aliphatic hydroxyl groups excluding tert-OH is 1. The zero-order valence-electron chi connectivity index (χ0n) is 11.9. The van der Waals surface area contributed by atoms with Gasteiger partial charge in [0.2, 0.25) is 10.1 Å². The second-order valence-corrected chi connectivity index (χ2v) is 6.63. The molecule has 0 saturated heterocycles. The van der Waals surface area contributed by atoms with Crippen LogP contribution in [-0.4, -0.2) is 32.4 Å². The van der Waals surface area contributed by atoms with Gasteiger partial charge in [0.25, 0.3) is 0 Å². The highest BCUT2D eigenvalue weighted by Crippen LogP contribution is 2.30. The van der Waals surface area contributed by atoms with E-state index < -0.39 is 0 Å². The monoisotopic (exact) mass is 294 g/mol. The fourth-order valence-corrected chi connectivity index (χ4v) is 4.02. The summed E-state index contributed by atoms with van der Waals surface area (Å²) in [4.78, 5) is 5.36. The van der Waals surface area contributed by atoms with Crippen molar-refractivity contribution < 1.29 is 5.11 Å². The average molecular weight is 294 g/mol. The molecule has 3 rings (SSSR count). The number of nitrogens with zero attached hydrogens (tertiary/aromatic N) is 3. The molecule has 1 aliphatic carbocycles. The molecule has 2 aromatic rings. The van der Waals surface area contributed by atoms with Gasteiger partial charge in [-0.3, -0.25) is 0 Å². The zero-order valence-corrected chi connectivity index (χ0v) is 12.7. The number of aliphatic hydroxyl groups is 1. The summed E-state index contributed by atoms with van der Waals surface area (Å²) >= 11 is 1.58. The minimum atomic E-state index is 0.232. The SMILES string of the molecule is Cc1cn2nc(N[C@H](CCO)C3CCCCC3)sc2n1. The second kappa shape index (κ2) is 6.10. The lowest BCUT2D eigenvalue weighted by Crippen LogP contribution is -2.31. The first kappa shape index (κ1) is 13.8. The molecule has 1 fully saturated rings. The first-order valence-corrected chi connectivity index (χ1v) is 8.28. The van der Waals surface area contributed by atoms with Crippen LogP contribution in [0.1, 0.15) is 44.2 Å². The Balaban J connectivity index is 1.72. The van der Waals surface area contributed by atoms with Crippen LogP contribution in [0.2, 0.25) is 0 Å². The van der Waals surface area contributed by atoms with Gasteiger partial charge in [0.1, 0.15) is 0 Å². The highest BCUT2D eigenvalue weighted by molar-refractivity contribution is 7.20. The van der Waals surface area contributed by atoms with Crippen molar-refractivity contribution in [3.63, 3.8) is 0 Å². The summed E-state index contributed by atoms with van der Waals surface area (Å²) in [6.07, 6.45) is 9.25. The third kappa shape index (κ3) is 2.96. The molecule has 5 nitrogen and oxygen atoms in total. The van der Waals surface area contributed by atoms with Crippen molar-refractivity contribution in [1.82, 2.24) is 14.6 Å². The molecular formula is C14H22N4OS. The molecule has 1 saturated carbocycles. The number of rotatable bonds is 5. The molecule has 2 N–H and O–H groups in total. The third-order valence-corrected chi connectivity index (χ3v) is 4.99. The van der Waals surface area contributed by atoms with Gasteiger partial charge >= 0.3 is 0 Å². The maximum absolute atomic E-state index is 9.31. The summed E-state index contributed by atoms with van der Waals surface area (Å²) in [6.45, 7) is 2.21. The molecule has 1 aliphatic rings. The molecule has 6 heteroatoms. The molecule has 0 unspecified atom stereocenters. The van der Waals surface area contributed by atoms with E-state index in [0.29, 0.717) is 12.0 Å². The molecule has 0 aromatic carbocycles. The summed E-state index contributed by atoms with van der Waals surface area (Å²) in [5.74, 6) is 0.661. The molecule has 0 aliphatic heterocycles. The first-order chi connectivity index (χ1) is 9.76.